The summed E-state index contributed by atoms with van der Waals surface area (Å²) in [7, 11) is 0. The van der Waals surface area contributed by atoms with Crippen LogP contribution in [0.25, 0.3) is 0 Å². The molecule has 1 amide bonds. The van der Waals surface area contributed by atoms with Crippen molar-refractivity contribution in [1.29, 1.82) is 0 Å². The Balaban J connectivity index is 1.69. The number of rotatable bonds is 1. The Morgan fingerprint density at radius 3 is 2.41 bits per heavy atom. The van der Waals surface area contributed by atoms with Crippen LogP contribution in [0.2, 0.25) is 0 Å². The Labute approximate surface area is 133 Å². The van der Waals surface area contributed by atoms with E-state index in [9.17, 15) is 4.79 Å². The molecule has 1 saturated heterocycles. The van der Waals surface area contributed by atoms with E-state index in [1.165, 1.54) is 36.1 Å². The summed E-state index contributed by atoms with van der Waals surface area (Å²) in [5.41, 5.74) is 3.36. The van der Waals surface area contributed by atoms with Gasteiger partial charge in [-0.1, -0.05) is 6.07 Å². The molecule has 0 unspecified atom stereocenters. The number of hydrogen-bond donors (Lipinski definition) is 0. The van der Waals surface area contributed by atoms with Crippen LogP contribution in [-0.4, -0.2) is 29.7 Å². The number of ether oxygens (including phenoxy) is 1. The molecule has 0 spiro atoms. The summed E-state index contributed by atoms with van der Waals surface area (Å²) in [6.07, 6.45) is 3.68. The monoisotopic (exact) mass is 302 g/mol. The minimum absolute atomic E-state index is 0.219. The molecule has 4 nitrogen and oxygen atoms in total. The molecule has 3 rings (SSSR count). The molecule has 1 aromatic rings. The SMILES string of the molecule is CC(C)(C)OC(=O)N1Cc2ccc(N3CCCCC3)cc2C1. The van der Waals surface area contributed by atoms with Crippen LogP contribution in [0.3, 0.4) is 0 Å². The Morgan fingerprint density at radius 2 is 1.73 bits per heavy atom. The molecule has 0 atom stereocenters. The van der Waals surface area contributed by atoms with Crippen LogP contribution in [0.1, 0.15) is 51.2 Å². The van der Waals surface area contributed by atoms with E-state index in [0.29, 0.717) is 13.1 Å². The molecule has 4 heteroatoms. The van der Waals surface area contributed by atoms with Gasteiger partial charge in [-0.25, -0.2) is 4.79 Å². The molecule has 0 saturated carbocycles. The number of anilines is 1. The van der Waals surface area contributed by atoms with Gasteiger partial charge in [0.2, 0.25) is 0 Å². The van der Waals surface area contributed by atoms with Crippen molar-refractivity contribution < 1.29 is 9.53 Å². The van der Waals surface area contributed by atoms with Crippen LogP contribution in [-0.2, 0) is 17.8 Å². The van der Waals surface area contributed by atoms with Crippen molar-refractivity contribution in [3.8, 4) is 0 Å². The lowest BCUT2D eigenvalue weighted by atomic mass is 10.1. The second-order valence-corrected chi connectivity index (χ2v) is 7.34. The number of carbonyl (C=O) groups excluding carboxylic acids is 1. The molecule has 0 bridgehead atoms. The van der Waals surface area contributed by atoms with E-state index in [4.69, 9.17) is 4.74 Å². The Morgan fingerprint density at radius 1 is 1.05 bits per heavy atom. The number of hydrogen-bond acceptors (Lipinski definition) is 3. The molecular formula is C18H26N2O2. The van der Waals surface area contributed by atoms with Crippen LogP contribution >= 0.6 is 0 Å². The highest BCUT2D eigenvalue weighted by Crippen LogP contribution is 2.29. The average Bonchev–Trinajstić information content (AvgIpc) is 2.89. The summed E-state index contributed by atoms with van der Waals surface area (Å²) in [5.74, 6) is 0. The zero-order valence-corrected chi connectivity index (χ0v) is 13.9. The van der Waals surface area contributed by atoms with Crippen molar-refractivity contribution >= 4 is 11.8 Å². The number of benzene rings is 1. The first-order valence-corrected chi connectivity index (χ1v) is 8.27. The van der Waals surface area contributed by atoms with Crippen molar-refractivity contribution in [1.82, 2.24) is 4.90 Å². The largest absolute Gasteiger partial charge is 0.444 e. The van der Waals surface area contributed by atoms with Crippen LogP contribution in [0, 0.1) is 0 Å². The summed E-state index contributed by atoms with van der Waals surface area (Å²) in [6.45, 7) is 9.33. The maximum atomic E-state index is 12.2. The Bertz CT molecular complexity index is 557. The number of amides is 1. The van der Waals surface area contributed by atoms with Crippen molar-refractivity contribution in [2.45, 2.75) is 58.7 Å². The molecule has 0 aromatic heterocycles. The summed E-state index contributed by atoms with van der Waals surface area (Å²) in [6, 6.07) is 6.62. The Hall–Kier alpha value is -1.71. The van der Waals surface area contributed by atoms with Gasteiger partial charge < -0.3 is 9.64 Å². The molecule has 22 heavy (non-hydrogen) atoms. The fourth-order valence-electron chi connectivity index (χ4n) is 3.19. The van der Waals surface area contributed by atoms with Gasteiger partial charge in [-0.2, -0.15) is 0 Å². The third kappa shape index (κ3) is 3.37. The molecule has 120 valence electrons. The molecular weight excluding hydrogens is 276 g/mol. The Kier molecular flexibility index (Phi) is 4.02. The van der Waals surface area contributed by atoms with Crippen LogP contribution in [0.15, 0.2) is 18.2 Å². The van der Waals surface area contributed by atoms with Gasteiger partial charge in [0.1, 0.15) is 5.60 Å². The zero-order valence-electron chi connectivity index (χ0n) is 13.9. The predicted molar refractivity (Wildman–Crippen MR) is 88.0 cm³/mol. The lowest BCUT2D eigenvalue weighted by Gasteiger charge is -2.29. The highest BCUT2D eigenvalue weighted by atomic mass is 16.6. The number of piperidine rings is 1. The topological polar surface area (TPSA) is 32.8 Å². The van der Waals surface area contributed by atoms with E-state index in [1.54, 1.807) is 4.90 Å². The third-order valence-corrected chi connectivity index (χ3v) is 4.29. The first-order chi connectivity index (χ1) is 10.4. The number of nitrogens with zero attached hydrogens (tertiary/aromatic N) is 2. The van der Waals surface area contributed by atoms with Gasteiger partial charge in [-0.15, -0.1) is 0 Å². The maximum Gasteiger partial charge on any atom is 0.410 e. The zero-order chi connectivity index (χ0) is 15.7. The van der Waals surface area contributed by atoms with Crippen LogP contribution in [0.4, 0.5) is 10.5 Å². The molecule has 0 N–H and O–H groups in total. The first kappa shape index (κ1) is 15.2. The van der Waals surface area contributed by atoms with E-state index in [2.05, 4.69) is 23.1 Å². The molecule has 2 aliphatic heterocycles. The fraction of sp³-hybridized carbons (Fsp3) is 0.611. The normalized spacial score (nSPS) is 18.3. The second kappa shape index (κ2) is 5.82. The van der Waals surface area contributed by atoms with Crippen molar-refractivity contribution in [2.75, 3.05) is 18.0 Å². The lowest BCUT2D eigenvalue weighted by Crippen LogP contribution is -2.33. The fourth-order valence-corrected chi connectivity index (χ4v) is 3.19. The van der Waals surface area contributed by atoms with Crippen molar-refractivity contribution in [3.63, 3.8) is 0 Å². The van der Waals surface area contributed by atoms with E-state index >= 15 is 0 Å². The van der Waals surface area contributed by atoms with Gasteiger partial charge in [0.15, 0.2) is 0 Å². The van der Waals surface area contributed by atoms with E-state index in [1.807, 2.05) is 20.8 Å². The molecule has 0 radical (unpaired) electrons. The van der Waals surface area contributed by atoms with Gasteiger partial charge in [0.25, 0.3) is 0 Å². The molecule has 1 aromatic carbocycles. The highest BCUT2D eigenvalue weighted by Gasteiger charge is 2.28. The average molecular weight is 302 g/mol. The van der Waals surface area contributed by atoms with Gasteiger partial charge in [-0.3, -0.25) is 4.90 Å². The van der Waals surface area contributed by atoms with Crippen LogP contribution < -0.4 is 4.90 Å². The number of fused-ring (bicyclic) bond motifs is 1. The van der Waals surface area contributed by atoms with Crippen LogP contribution in [0.5, 0.6) is 0 Å². The van der Waals surface area contributed by atoms with Crippen molar-refractivity contribution in [2.24, 2.45) is 0 Å². The standard InChI is InChI=1S/C18H26N2O2/c1-18(2,3)22-17(21)20-12-14-7-8-16(11-15(14)13-20)19-9-5-4-6-10-19/h7-8,11H,4-6,9-10,12-13H2,1-3H3. The lowest BCUT2D eigenvalue weighted by molar-refractivity contribution is 0.0242. The van der Waals surface area contributed by atoms with E-state index in [-0.39, 0.29) is 6.09 Å². The smallest absolute Gasteiger partial charge is 0.410 e. The summed E-state index contributed by atoms with van der Waals surface area (Å²) < 4.78 is 5.48. The highest BCUT2D eigenvalue weighted by molar-refractivity contribution is 5.69. The van der Waals surface area contributed by atoms with Gasteiger partial charge in [0.05, 0.1) is 0 Å². The van der Waals surface area contributed by atoms with Crippen molar-refractivity contribution in [3.05, 3.63) is 29.3 Å². The quantitative estimate of drug-likeness (QED) is 0.788. The third-order valence-electron chi connectivity index (χ3n) is 4.29. The summed E-state index contributed by atoms with van der Waals surface area (Å²) >= 11 is 0. The van der Waals surface area contributed by atoms with Gasteiger partial charge in [0, 0.05) is 31.9 Å². The minimum Gasteiger partial charge on any atom is -0.444 e. The first-order valence-electron chi connectivity index (χ1n) is 8.27. The maximum absolute atomic E-state index is 12.2. The summed E-state index contributed by atoms with van der Waals surface area (Å²) in [4.78, 5) is 16.5. The van der Waals surface area contributed by atoms with Gasteiger partial charge >= 0.3 is 6.09 Å². The van der Waals surface area contributed by atoms with Gasteiger partial charge in [-0.05, 0) is 63.3 Å². The van der Waals surface area contributed by atoms with E-state index in [0.717, 1.165) is 13.1 Å². The van der Waals surface area contributed by atoms with E-state index < -0.39 is 5.60 Å². The molecule has 2 heterocycles. The molecule has 2 aliphatic rings. The number of carbonyl (C=O) groups is 1. The molecule has 0 aliphatic carbocycles. The molecule has 1 fully saturated rings. The second-order valence-electron chi connectivity index (χ2n) is 7.34. The minimum atomic E-state index is -0.440. The predicted octanol–water partition coefficient (Wildman–Crippen LogP) is 3.93. The summed E-state index contributed by atoms with van der Waals surface area (Å²) in [5, 5.41) is 0.